The average molecular weight is 287 g/mol. The van der Waals surface area contributed by atoms with Gasteiger partial charge in [-0.15, -0.1) is 0 Å². The quantitative estimate of drug-likeness (QED) is 0.801. The highest BCUT2D eigenvalue weighted by atomic mass is 16.3. The van der Waals surface area contributed by atoms with Crippen molar-refractivity contribution in [3.8, 4) is 0 Å². The highest BCUT2D eigenvalue weighted by Gasteiger charge is 2.08. The molecule has 5 nitrogen and oxygen atoms in total. The summed E-state index contributed by atoms with van der Waals surface area (Å²) in [4.78, 5) is 14.0. The maximum Gasteiger partial charge on any atom is 0.225 e. The number of carbonyl (C=O) groups excluding carboxylic acids is 1. The number of nitrogens with one attached hydrogen (secondary N) is 1. The number of nitrogens with zero attached hydrogens (tertiary/aromatic N) is 1. The van der Waals surface area contributed by atoms with Gasteiger partial charge in [-0.2, -0.15) is 0 Å². The highest BCUT2D eigenvalue weighted by molar-refractivity contribution is 5.91. The molecule has 0 atom stereocenters. The van der Waals surface area contributed by atoms with Crippen LogP contribution in [0.2, 0.25) is 0 Å². The van der Waals surface area contributed by atoms with Gasteiger partial charge in [-0.05, 0) is 38.2 Å². The number of aryl methyl sites for hydroxylation is 1. The lowest BCUT2D eigenvalue weighted by Crippen LogP contribution is -2.24. The minimum atomic E-state index is -0.0173. The summed E-state index contributed by atoms with van der Waals surface area (Å²) < 4.78 is 5.26. The van der Waals surface area contributed by atoms with Crippen molar-refractivity contribution in [3.63, 3.8) is 0 Å². The van der Waals surface area contributed by atoms with Crippen molar-refractivity contribution in [1.29, 1.82) is 0 Å². The second-order valence-corrected chi connectivity index (χ2v) is 5.16. The SMILES string of the molecule is Cc1occc1CN(C)CCC(=O)Nc1cccc(N)c1. The molecule has 0 aliphatic carbocycles. The third kappa shape index (κ3) is 4.65. The lowest BCUT2D eigenvalue weighted by atomic mass is 10.2. The zero-order valence-corrected chi connectivity index (χ0v) is 12.4. The topological polar surface area (TPSA) is 71.5 Å². The Kier molecular flexibility index (Phi) is 5.00. The van der Waals surface area contributed by atoms with Crippen molar-refractivity contribution in [2.75, 3.05) is 24.6 Å². The van der Waals surface area contributed by atoms with E-state index in [1.807, 2.05) is 32.2 Å². The second-order valence-electron chi connectivity index (χ2n) is 5.16. The molecule has 1 aromatic carbocycles. The van der Waals surface area contributed by atoms with Crippen molar-refractivity contribution in [1.82, 2.24) is 4.90 Å². The predicted octanol–water partition coefficient (Wildman–Crippen LogP) is 2.63. The third-order valence-corrected chi connectivity index (χ3v) is 3.30. The fraction of sp³-hybridized carbons (Fsp3) is 0.312. The van der Waals surface area contributed by atoms with Crippen molar-refractivity contribution in [2.24, 2.45) is 0 Å². The van der Waals surface area contributed by atoms with Crippen LogP contribution >= 0.6 is 0 Å². The Balaban J connectivity index is 1.77. The molecule has 0 radical (unpaired) electrons. The first-order chi connectivity index (χ1) is 10.0. The molecule has 2 aromatic rings. The van der Waals surface area contributed by atoms with E-state index in [1.54, 1.807) is 18.4 Å². The van der Waals surface area contributed by atoms with Gasteiger partial charge in [0.05, 0.1) is 6.26 Å². The molecule has 0 spiro atoms. The van der Waals surface area contributed by atoms with Crippen LogP contribution in [-0.4, -0.2) is 24.4 Å². The van der Waals surface area contributed by atoms with E-state index in [0.717, 1.165) is 23.6 Å². The smallest absolute Gasteiger partial charge is 0.225 e. The summed E-state index contributed by atoms with van der Waals surface area (Å²) in [6, 6.07) is 9.14. The van der Waals surface area contributed by atoms with E-state index >= 15 is 0 Å². The van der Waals surface area contributed by atoms with Crippen LogP contribution in [0.5, 0.6) is 0 Å². The molecule has 112 valence electrons. The maximum absolute atomic E-state index is 11.9. The summed E-state index contributed by atoms with van der Waals surface area (Å²) in [5.74, 6) is 0.905. The molecule has 1 amide bonds. The Morgan fingerprint density at radius 1 is 1.38 bits per heavy atom. The summed E-state index contributed by atoms with van der Waals surface area (Å²) in [6.07, 6.45) is 2.12. The van der Waals surface area contributed by atoms with Gasteiger partial charge in [0, 0.05) is 36.4 Å². The molecule has 0 fully saturated rings. The summed E-state index contributed by atoms with van der Waals surface area (Å²) in [5, 5.41) is 2.84. The first-order valence-corrected chi connectivity index (χ1v) is 6.91. The molecule has 3 N–H and O–H groups in total. The van der Waals surface area contributed by atoms with Gasteiger partial charge in [-0.3, -0.25) is 4.79 Å². The van der Waals surface area contributed by atoms with E-state index in [-0.39, 0.29) is 5.91 Å². The highest BCUT2D eigenvalue weighted by Crippen LogP contribution is 2.13. The molecule has 1 heterocycles. The Bertz CT molecular complexity index is 607. The molecule has 21 heavy (non-hydrogen) atoms. The summed E-state index contributed by atoms with van der Waals surface area (Å²) in [6.45, 7) is 3.39. The van der Waals surface area contributed by atoms with Gasteiger partial charge in [0.15, 0.2) is 0 Å². The van der Waals surface area contributed by atoms with Crippen LogP contribution in [0, 0.1) is 6.92 Å². The number of furan rings is 1. The maximum atomic E-state index is 11.9. The molecule has 0 unspecified atom stereocenters. The average Bonchev–Trinajstić information content (AvgIpc) is 2.82. The van der Waals surface area contributed by atoms with Crippen LogP contribution in [-0.2, 0) is 11.3 Å². The van der Waals surface area contributed by atoms with Crippen LogP contribution in [0.1, 0.15) is 17.7 Å². The largest absolute Gasteiger partial charge is 0.469 e. The molecule has 0 saturated carbocycles. The van der Waals surface area contributed by atoms with Crippen molar-refractivity contribution in [2.45, 2.75) is 19.9 Å². The molecule has 0 bridgehead atoms. The van der Waals surface area contributed by atoms with Crippen LogP contribution in [0.15, 0.2) is 41.0 Å². The Morgan fingerprint density at radius 3 is 2.86 bits per heavy atom. The standard InChI is InChI=1S/C16H21N3O2/c1-12-13(7-9-21-12)11-19(2)8-6-16(20)18-15-5-3-4-14(17)10-15/h3-5,7,9-10H,6,8,11,17H2,1-2H3,(H,18,20). The van der Waals surface area contributed by atoms with Gasteiger partial charge in [0.25, 0.3) is 0 Å². The number of anilines is 2. The van der Waals surface area contributed by atoms with Gasteiger partial charge in [0.1, 0.15) is 5.76 Å². The van der Waals surface area contributed by atoms with E-state index in [4.69, 9.17) is 10.2 Å². The lowest BCUT2D eigenvalue weighted by Gasteiger charge is -2.16. The first-order valence-electron chi connectivity index (χ1n) is 6.91. The van der Waals surface area contributed by atoms with Crippen LogP contribution in [0.25, 0.3) is 0 Å². The van der Waals surface area contributed by atoms with Gasteiger partial charge in [-0.1, -0.05) is 6.07 Å². The van der Waals surface area contributed by atoms with Crippen LogP contribution < -0.4 is 11.1 Å². The minimum absolute atomic E-state index is 0.0173. The zero-order chi connectivity index (χ0) is 15.2. The van der Waals surface area contributed by atoms with Crippen LogP contribution in [0.3, 0.4) is 0 Å². The van der Waals surface area contributed by atoms with Gasteiger partial charge >= 0.3 is 0 Å². The molecule has 1 aromatic heterocycles. The number of rotatable bonds is 6. The summed E-state index contributed by atoms with van der Waals surface area (Å²) in [5.41, 5.74) is 8.19. The fourth-order valence-electron chi connectivity index (χ4n) is 2.08. The van der Waals surface area contributed by atoms with Gasteiger partial charge in [-0.25, -0.2) is 0 Å². The molecule has 2 rings (SSSR count). The third-order valence-electron chi connectivity index (χ3n) is 3.30. The molecule has 0 aliphatic heterocycles. The molecule has 0 saturated heterocycles. The zero-order valence-electron chi connectivity index (χ0n) is 12.4. The first kappa shape index (κ1) is 15.1. The molecule has 5 heteroatoms. The fourth-order valence-corrected chi connectivity index (χ4v) is 2.08. The lowest BCUT2D eigenvalue weighted by molar-refractivity contribution is -0.116. The van der Waals surface area contributed by atoms with E-state index < -0.39 is 0 Å². The number of benzene rings is 1. The second kappa shape index (κ2) is 6.95. The van der Waals surface area contributed by atoms with E-state index in [1.165, 1.54) is 0 Å². The van der Waals surface area contributed by atoms with Crippen LogP contribution in [0.4, 0.5) is 11.4 Å². The van der Waals surface area contributed by atoms with Crippen molar-refractivity contribution >= 4 is 17.3 Å². The van der Waals surface area contributed by atoms with Gasteiger partial charge in [0.2, 0.25) is 5.91 Å². The van der Waals surface area contributed by atoms with Crippen molar-refractivity contribution < 1.29 is 9.21 Å². The number of amides is 1. The normalized spacial score (nSPS) is 10.8. The number of carbonyl (C=O) groups is 1. The minimum Gasteiger partial charge on any atom is -0.469 e. The summed E-state index contributed by atoms with van der Waals surface area (Å²) >= 11 is 0. The van der Waals surface area contributed by atoms with Gasteiger partial charge < -0.3 is 20.4 Å². The number of hydrogen-bond donors (Lipinski definition) is 2. The Morgan fingerprint density at radius 2 is 2.19 bits per heavy atom. The monoisotopic (exact) mass is 287 g/mol. The number of nitrogens with two attached hydrogens (primary N) is 1. The molecule has 0 aliphatic rings. The number of hydrogen-bond acceptors (Lipinski definition) is 4. The van der Waals surface area contributed by atoms with E-state index in [2.05, 4.69) is 10.2 Å². The molecular formula is C16H21N3O2. The molecular weight excluding hydrogens is 266 g/mol. The van der Waals surface area contributed by atoms with E-state index in [9.17, 15) is 4.79 Å². The predicted molar refractivity (Wildman–Crippen MR) is 83.9 cm³/mol. The number of nitrogen functional groups attached to an aromatic ring is 1. The summed E-state index contributed by atoms with van der Waals surface area (Å²) in [7, 11) is 1.99. The van der Waals surface area contributed by atoms with E-state index in [0.29, 0.717) is 18.7 Å². The Labute approximate surface area is 124 Å². The van der Waals surface area contributed by atoms with Crippen molar-refractivity contribution in [3.05, 3.63) is 47.9 Å². The Hall–Kier alpha value is -2.27.